The van der Waals surface area contributed by atoms with Crippen molar-refractivity contribution in [2.75, 3.05) is 5.32 Å². The number of hydrogen-bond donors (Lipinski definition) is 2. The van der Waals surface area contributed by atoms with Gasteiger partial charge in [0.05, 0.1) is 0 Å². The third-order valence-electron chi connectivity index (χ3n) is 3.67. The van der Waals surface area contributed by atoms with Crippen molar-refractivity contribution in [1.82, 2.24) is 0 Å². The van der Waals surface area contributed by atoms with E-state index in [1.165, 1.54) is 6.07 Å². The number of halogens is 1. The Labute approximate surface area is 124 Å². The van der Waals surface area contributed by atoms with Gasteiger partial charge in [-0.05, 0) is 55.7 Å². The van der Waals surface area contributed by atoms with Gasteiger partial charge >= 0.3 is 0 Å². The fourth-order valence-corrected chi connectivity index (χ4v) is 2.25. The molecule has 0 bridgehead atoms. The number of primary amides is 1. The molecular formula is C17H19FN2O. The van der Waals surface area contributed by atoms with E-state index in [4.69, 9.17) is 5.73 Å². The van der Waals surface area contributed by atoms with Gasteiger partial charge in [-0.2, -0.15) is 0 Å². The number of benzene rings is 2. The molecular weight excluding hydrogens is 267 g/mol. The maximum absolute atomic E-state index is 13.6. The molecule has 0 aliphatic rings. The summed E-state index contributed by atoms with van der Waals surface area (Å²) >= 11 is 0. The smallest absolute Gasteiger partial charge is 0.249 e. The highest BCUT2D eigenvalue weighted by molar-refractivity contribution is 5.95. The molecule has 0 aliphatic heterocycles. The van der Waals surface area contributed by atoms with Gasteiger partial charge in [-0.3, -0.25) is 4.79 Å². The number of nitrogens with one attached hydrogen (secondary N) is 1. The van der Waals surface area contributed by atoms with E-state index in [0.29, 0.717) is 11.1 Å². The summed E-state index contributed by atoms with van der Waals surface area (Å²) in [5, 5.41) is 3.29. The van der Waals surface area contributed by atoms with Crippen molar-refractivity contribution in [3.8, 4) is 0 Å². The molecule has 110 valence electrons. The lowest BCUT2D eigenvalue weighted by Gasteiger charge is -2.19. The van der Waals surface area contributed by atoms with E-state index in [1.807, 2.05) is 26.0 Å². The number of carbonyl (C=O) groups excluding carboxylic acids is 1. The number of carbonyl (C=O) groups is 1. The van der Waals surface area contributed by atoms with Gasteiger partial charge in [0.2, 0.25) is 5.91 Å². The topological polar surface area (TPSA) is 55.1 Å². The zero-order valence-corrected chi connectivity index (χ0v) is 12.4. The van der Waals surface area contributed by atoms with Gasteiger partial charge in [0.15, 0.2) is 0 Å². The highest BCUT2D eigenvalue weighted by atomic mass is 19.1. The van der Waals surface area contributed by atoms with Crippen LogP contribution in [0.25, 0.3) is 0 Å². The molecule has 0 radical (unpaired) electrons. The fraction of sp³-hybridized carbons (Fsp3) is 0.235. The Morgan fingerprint density at radius 1 is 1.24 bits per heavy atom. The largest absolute Gasteiger partial charge is 0.378 e. The van der Waals surface area contributed by atoms with Crippen LogP contribution in [-0.4, -0.2) is 5.91 Å². The van der Waals surface area contributed by atoms with Crippen molar-refractivity contribution < 1.29 is 9.18 Å². The highest BCUT2D eigenvalue weighted by Crippen LogP contribution is 2.25. The molecule has 0 spiro atoms. The summed E-state index contributed by atoms with van der Waals surface area (Å²) in [4.78, 5) is 11.4. The molecule has 0 heterocycles. The zero-order chi connectivity index (χ0) is 15.6. The summed E-state index contributed by atoms with van der Waals surface area (Å²) in [6, 6.07) is 10.4. The minimum absolute atomic E-state index is 0.0815. The monoisotopic (exact) mass is 286 g/mol. The number of nitrogens with two attached hydrogens (primary N) is 1. The lowest BCUT2D eigenvalue weighted by Crippen LogP contribution is -2.15. The summed E-state index contributed by atoms with van der Waals surface area (Å²) in [7, 11) is 0. The molecule has 0 fully saturated rings. The first-order valence-corrected chi connectivity index (χ1v) is 6.82. The first-order chi connectivity index (χ1) is 9.90. The van der Waals surface area contributed by atoms with Gasteiger partial charge in [0.1, 0.15) is 5.82 Å². The minimum atomic E-state index is -0.454. The minimum Gasteiger partial charge on any atom is -0.378 e. The summed E-state index contributed by atoms with van der Waals surface area (Å²) < 4.78 is 13.6. The molecule has 1 atom stereocenters. The Morgan fingerprint density at radius 2 is 1.95 bits per heavy atom. The zero-order valence-electron chi connectivity index (χ0n) is 12.4. The Hall–Kier alpha value is -2.36. The Balaban J connectivity index is 2.27. The van der Waals surface area contributed by atoms with Crippen LogP contribution in [0.4, 0.5) is 10.1 Å². The lowest BCUT2D eigenvalue weighted by atomic mass is 10.0. The Kier molecular flexibility index (Phi) is 4.26. The van der Waals surface area contributed by atoms with Crippen LogP contribution in [-0.2, 0) is 0 Å². The number of aryl methyl sites for hydroxylation is 1. The van der Waals surface area contributed by atoms with Crippen LogP contribution < -0.4 is 11.1 Å². The van der Waals surface area contributed by atoms with Crippen molar-refractivity contribution in [1.29, 1.82) is 0 Å². The standard InChI is InChI=1S/C17H19FN2O/c1-10-7-8-13(9-15(10)18)12(3)20-16-6-4-5-14(11(16)2)17(19)21/h4-9,12,20H,1-3H3,(H2,19,21). The highest BCUT2D eigenvalue weighted by Gasteiger charge is 2.12. The van der Waals surface area contributed by atoms with Crippen LogP contribution >= 0.6 is 0 Å². The summed E-state index contributed by atoms with van der Waals surface area (Å²) in [6.07, 6.45) is 0. The molecule has 3 nitrogen and oxygen atoms in total. The molecule has 0 saturated heterocycles. The Bertz CT molecular complexity index is 682. The number of rotatable bonds is 4. The van der Waals surface area contributed by atoms with E-state index in [9.17, 15) is 9.18 Å². The van der Waals surface area contributed by atoms with Gasteiger partial charge in [-0.25, -0.2) is 4.39 Å². The number of amides is 1. The first kappa shape index (κ1) is 15.0. The first-order valence-electron chi connectivity index (χ1n) is 6.82. The normalized spacial score (nSPS) is 12.0. The third kappa shape index (κ3) is 3.21. The second kappa shape index (κ2) is 5.95. The quantitative estimate of drug-likeness (QED) is 0.900. The Morgan fingerprint density at radius 3 is 2.57 bits per heavy atom. The van der Waals surface area contributed by atoms with Crippen LogP contribution in [0.15, 0.2) is 36.4 Å². The van der Waals surface area contributed by atoms with Crippen LogP contribution in [0.1, 0.15) is 40.0 Å². The lowest BCUT2D eigenvalue weighted by molar-refractivity contribution is 0.1000. The predicted octanol–water partition coefficient (Wildman–Crippen LogP) is 3.71. The van der Waals surface area contributed by atoms with Gasteiger partial charge in [-0.15, -0.1) is 0 Å². The number of anilines is 1. The maximum atomic E-state index is 13.6. The van der Waals surface area contributed by atoms with E-state index in [1.54, 1.807) is 25.1 Å². The molecule has 1 amide bonds. The molecule has 2 aromatic rings. The molecule has 0 aliphatic carbocycles. The molecule has 3 N–H and O–H groups in total. The van der Waals surface area contributed by atoms with Crippen LogP contribution in [0.5, 0.6) is 0 Å². The summed E-state index contributed by atoms with van der Waals surface area (Å²) in [6.45, 7) is 5.52. The predicted molar refractivity (Wildman–Crippen MR) is 82.9 cm³/mol. The van der Waals surface area contributed by atoms with E-state index in [2.05, 4.69) is 5.32 Å². The SMILES string of the molecule is Cc1ccc(C(C)Nc2cccc(C(N)=O)c2C)cc1F. The second-order valence-electron chi connectivity index (χ2n) is 5.22. The fourth-order valence-electron chi connectivity index (χ4n) is 2.25. The van der Waals surface area contributed by atoms with Gasteiger partial charge in [0, 0.05) is 17.3 Å². The van der Waals surface area contributed by atoms with Crippen molar-refractivity contribution in [3.63, 3.8) is 0 Å². The molecule has 21 heavy (non-hydrogen) atoms. The third-order valence-corrected chi connectivity index (χ3v) is 3.67. The maximum Gasteiger partial charge on any atom is 0.249 e. The van der Waals surface area contributed by atoms with Crippen molar-refractivity contribution in [2.24, 2.45) is 5.73 Å². The molecule has 2 rings (SSSR count). The van der Waals surface area contributed by atoms with Crippen LogP contribution in [0.2, 0.25) is 0 Å². The molecule has 0 aromatic heterocycles. The molecule has 4 heteroatoms. The van der Waals surface area contributed by atoms with Gasteiger partial charge in [-0.1, -0.05) is 18.2 Å². The molecule has 2 aromatic carbocycles. The number of hydrogen-bond acceptors (Lipinski definition) is 2. The summed E-state index contributed by atoms with van der Waals surface area (Å²) in [5.74, 6) is -0.672. The van der Waals surface area contributed by atoms with E-state index < -0.39 is 5.91 Å². The van der Waals surface area contributed by atoms with E-state index in [0.717, 1.165) is 16.8 Å². The molecule has 1 unspecified atom stereocenters. The van der Waals surface area contributed by atoms with Crippen molar-refractivity contribution >= 4 is 11.6 Å². The van der Waals surface area contributed by atoms with Crippen molar-refractivity contribution in [2.45, 2.75) is 26.8 Å². The average molecular weight is 286 g/mol. The van der Waals surface area contributed by atoms with E-state index in [-0.39, 0.29) is 11.9 Å². The van der Waals surface area contributed by atoms with Gasteiger partial charge < -0.3 is 11.1 Å². The van der Waals surface area contributed by atoms with Gasteiger partial charge in [0.25, 0.3) is 0 Å². The average Bonchev–Trinajstić information content (AvgIpc) is 2.43. The van der Waals surface area contributed by atoms with Crippen LogP contribution in [0.3, 0.4) is 0 Å². The second-order valence-corrected chi connectivity index (χ2v) is 5.22. The van der Waals surface area contributed by atoms with Crippen LogP contribution in [0, 0.1) is 19.7 Å². The van der Waals surface area contributed by atoms with E-state index >= 15 is 0 Å². The summed E-state index contributed by atoms with van der Waals surface area (Å²) in [5.41, 5.74) is 8.92. The molecule has 0 saturated carbocycles. The van der Waals surface area contributed by atoms with Crippen molar-refractivity contribution in [3.05, 3.63) is 64.5 Å².